The van der Waals surface area contributed by atoms with Crippen LogP contribution in [0.2, 0.25) is 0 Å². The Bertz CT molecular complexity index is 774. The third kappa shape index (κ3) is 4.77. The van der Waals surface area contributed by atoms with Crippen molar-refractivity contribution in [3.63, 3.8) is 0 Å². The molecule has 0 saturated carbocycles. The first kappa shape index (κ1) is 19.8. The van der Waals surface area contributed by atoms with Crippen molar-refractivity contribution < 1.29 is 19.1 Å². The van der Waals surface area contributed by atoms with Gasteiger partial charge in [0.25, 0.3) is 0 Å². The van der Waals surface area contributed by atoms with E-state index in [2.05, 4.69) is 10.3 Å². The van der Waals surface area contributed by atoms with Crippen LogP contribution in [0.5, 0.6) is 0 Å². The molecule has 0 radical (unpaired) electrons. The molecule has 0 saturated heterocycles. The summed E-state index contributed by atoms with van der Waals surface area (Å²) in [5.41, 5.74) is 2.31. The predicted octanol–water partition coefficient (Wildman–Crippen LogP) is 3.90. The Labute approximate surface area is 154 Å². The highest BCUT2D eigenvalue weighted by molar-refractivity contribution is 5.88. The minimum atomic E-state index is -0.534. The maximum atomic E-state index is 12.2. The second-order valence-corrected chi connectivity index (χ2v) is 7.23. The molecular formula is C20H28N2O4. The molecule has 1 atom stereocenters. The fourth-order valence-electron chi connectivity index (χ4n) is 3.02. The lowest BCUT2D eigenvalue weighted by atomic mass is 9.96. The molecule has 142 valence electrons. The fourth-order valence-corrected chi connectivity index (χ4v) is 3.02. The Kier molecular flexibility index (Phi) is 6.29. The summed E-state index contributed by atoms with van der Waals surface area (Å²) in [6.45, 7) is 7.85. The van der Waals surface area contributed by atoms with Crippen molar-refractivity contribution in [1.82, 2.24) is 10.3 Å². The highest BCUT2D eigenvalue weighted by atomic mass is 16.6. The number of H-pyrrole nitrogens is 1. The zero-order valence-corrected chi connectivity index (χ0v) is 16.1. The molecule has 26 heavy (non-hydrogen) atoms. The average Bonchev–Trinajstić information content (AvgIpc) is 2.92. The minimum absolute atomic E-state index is 0.264. The largest absolute Gasteiger partial charge is 0.469 e. The number of amides is 1. The number of hydrogen-bond acceptors (Lipinski definition) is 4. The number of ether oxygens (including phenoxy) is 2. The monoisotopic (exact) mass is 360 g/mol. The molecular weight excluding hydrogens is 332 g/mol. The van der Waals surface area contributed by atoms with E-state index in [0.29, 0.717) is 19.4 Å². The molecule has 6 heteroatoms. The molecule has 2 N–H and O–H groups in total. The van der Waals surface area contributed by atoms with E-state index >= 15 is 0 Å². The maximum absolute atomic E-state index is 12.2. The van der Waals surface area contributed by atoms with Gasteiger partial charge in [0, 0.05) is 23.1 Å². The maximum Gasteiger partial charge on any atom is 0.407 e. The Morgan fingerprint density at radius 3 is 2.54 bits per heavy atom. The zero-order chi connectivity index (χ0) is 19.3. The fraction of sp³-hybridized carbons (Fsp3) is 0.500. The molecule has 0 spiro atoms. The summed E-state index contributed by atoms with van der Waals surface area (Å²) in [6.07, 6.45) is 0.775. The number of methoxy groups -OCH3 is 1. The van der Waals surface area contributed by atoms with Gasteiger partial charge >= 0.3 is 12.1 Å². The van der Waals surface area contributed by atoms with Gasteiger partial charge in [0.15, 0.2) is 0 Å². The summed E-state index contributed by atoms with van der Waals surface area (Å²) >= 11 is 0. The van der Waals surface area contributed by atoms with Crippen molar-refractivity contribution in [2.45, 2.75) is 52.1 Å². The molecule has 1 aromatic heterocycles. The normalized spacial score (nSPS) is 12.7. The van der Waals surface area contributed by atoms with Gasteiger partial charge in [-0.25, -0.2) is 4.79 Å². The van der Waals surface area contributed by atoms with E-state index in [-0.39, 0.29) is 11.9 Å². The second-order valence-electron chi connectivity index (χ2n) is 7.23. The van der Waals surface area contributed by atoms with E-state index in [1.165, 1.54) is 7.11 Å². The van der Waals surface area contributed by atoms with E-state index < -0.39 is 11.7 Å². The predicted molar refractivity (Wildman–Crippen MR) is 101 cm³/mol. The number of rotatable bonds is 6. The Morgan fingerprint density at radius 2 is 1.92 bits per heavy atom. The number of aromatic nitrogens is 1. The lowest BCUT2D eigenvalue weighted by Crippen LogP contribution is -2.33. The van der Waals surface area contributed by atoms with Crippen LogP contribution >= 0.6 is 0 Å². The minimum Gasteiger partial charge on any atom is -0.469 e. The van der Waals surface area contributed by atoms with Gasteiger partial charge in [-0.3, -0.25) is 4.79 Å². The van der Waals surface area contributed by atoms with Gasteiger partial charge in [-0.05, 0) is 45.2 Å². The van der Waals surface area contributed by atoms with Crippen molar-refractivity contribution >= 4 is 23.0 Å². The molecule has 1 heterocycles. The average molecular weight is 360 g/mol. The lowest BCUT2D eigenvalue weighted by molar-refractivity contribution is -0.142. The highest BCUT2D eigenvalue weighted by Crippen LogP contribution is 2.30. The molecule has 0 aliphatic rings. The van der Waals surface area contributed by atoms with Crippen LogP contribution in [-0.4, -0.2) is 36.3 Å². The summed E-state index contributed by atoms with van der Waals surface area (Å²) in [4.78, 5) is 27.4. The zero-order valence-electron chi connectivity index (χ0n) is 16.1. The molecule has 0 fully saturated rings. The van der Waals surface area contributed by atoms with Crippen molar-refractivity contribution in [1.29, 1.82) is 0 Å². The van der Waals surface area contributed by atoms with E-state index in [1.54, 1.807) is 0 Å². The molecule has 0 aliphatic heterocycles. The third-order valence-electron chi connectivity index (χ3n) is 4.13. The summed E-state index contributed by atoms with van der Waals surface area (Å²) in [6, 6.07) is 7.91. The quantitative estimate of drug-likeness (QED) is 0.766. The van der Waals surface area contributed by atoms with Crippen molar-refractivity contribution in [3.05, 3.63) is 35.5 Å². The molecule has 0 bridgehead atoms. The van der Waals surface area contributed by atoms with Crippen LogP contribution in [0.25, 0.3) is 10.9 Å². The second kappa shape index (κ2) is 8.25. The molecule has 1 amide bonds. The molecule has 2 aromatic rings. The third-order valence-corrected chi connectivity index (χ3v) is 4.13. The van der Waals surface area contributed by atoms with Crippen LogP contribution in [0.1, 0.15) is 51.3 Å². The molecule has 0 aliphatic carbocycles. The molecule has 6 nitrogen and oxygen atoms in total. The number of para-hydroxylation sites is 1. The number of carbonyl (C=O) groups is 2. The van der Waals surface area contributed by atoms with E-state index in [1.807, 2.05) is 52.0 Å². The van der Waals surface area contributed by atoms with Crippen molar-refractivity contribution in [3.8, 4) is 0 Å². The number of alkyl carbamates (subject to hydrolysis) is 1. The van der Waals surface area contributed by atoms with Crippen LogP contribution in [-0.2, 0) is 20.7 Å². The van der Waals surface area contributed by atoms with Gasteiger partial charge < -0.3 is 19.8 Å². The number of nitrogens with one attached hydrogen (secondary N) is 2. The smallest absolute Gasteiger partial charge is 0.407 e. The summed E-state index contributed by atoms with van der Waals surface area (Å²) < 4.78 is 10.2. The number of hydrogen-bond donors (Lipinski definition) is 2. The molecule has 2 rings (SSSR count). The summed E-state index contributed by atoms with van der Waals surface area (Å²) in [5, 5.41) is 3.83. The highest BCUT2D eigenvalue weighted by Gasteiger charge is 2.25. The van der Waals surface area contributed by atoms with Crippen LogP contribution in [0.15, 0.2) is 24.3 Å². The number of carbonyl (C=O) groups excluding carboxylic acids is 2. The first-order valence-electron chi connectivity index (χ1n) is 8.91. The van der Waals surface area contributed by atoms with Gasteiger partial charge in [-0.1, -0.05) is 25.1 Å². The van der Waals surface area contributed by atoms with Gasteiger partial charge in [0.1, 0.15) is 5.60 Å². The molecule has 1 unspecified atom stereocenters. The Hall–Kier alpha value is -2.50. The number of fused-ring (bicyclic) bond motifs is 1. The topological polar surface area (TPSA) is 80.4 Å². The van der Waals surface area contributed by atoms with Crippen LogP contribution in [0, 0.1) is 0 Å². The van der Waals surface area contributed by atoms with Crippen LogP contribution in [0.4, 0.5) is 4.79 Å². The number of aromatic amines is 1. The van der Waals surface area contributed by atoms with E-state index in [9.17, 15) is 9.59 Å². The van der Waals surface area contributed by atoms with Gasteiger partial charge in [-0.2, -0.15) is 0 Å². The molecule has 1 aromatic carbocycles. The first-order valence-corrected chi connectivity index (χ1v) is 8.91. The van der Waals surface area contributed by atoms with Gasteiger partial charge in [0.05, 0.1) is 13.0 Å². The van der Waals surface area contributed by atoms with Crippen LogP contribution in [0.3, 0.4) is 0 Å². The summed E-state index contributed by atoms with van der Waals surface area (Å²) in [7, 11) is 1.40. The van der Waals surface area contributed by atoms with E-state index in [0.717, 1.165) is 22.2 Å². The lowest BCUT2D eigenvalue weighted by Gasteiger charge is -2.20. The number of esters is 1. The standard InChI is InChI=1S/C20H28N2O4/c1-6-13(18(23)25-5)17-15(14-9-7-8-10-16(14)22-17)11-12-21-19(24)26-20(2,3)4/h7-10,13,22H,6,11-12H2,1-5H3,(H,21,24). The SMILES string of the molecule is CCC(C(=O)OC)c1[nH]c2ccccc2c1CCNC(=O)OC(C)(C)C. The van der Waals surface area contributed by atoms with Crippen molar-refractivity contribution in [2.75, 3.05) is 13.7 Å². The van der Waals surface area contributed by atoms with Gasteiger partial charge in [-0.15, -0.1) is 0 Å². The van der Waals surface area contributed by atoms with E-state index in [4.69, 9.17) is 9.47 Å². The number of benzene rings is 1. The van der Waals surface area contributed by atoms with Crippen molar-refractivity contribution in [2.24, 2.45) is 0 Å². The Morgan fingerprint density at radius 1 is 1.23 bits per heavy atom. The Balaban J connectivity index is 2.23. The van der Waals surface area contributed by atoms with Crippen LogP contribution < -0.4 is 5.32 Å². The first-order chi connectivity index (χ1) is 12.3. The van der Waals surface area contributed by atoms with Gasteiger partial charge in [0.2, 0.25) is 0 Å². The summed E-state index contributed by atoms with van der Waals surface area (Å²) in [5.74, 6) is -0.621.